The van der Waals surface area contributed by atoms with Crippen molar-refractivity contribution in [1.29, 1.82) is 0 Å². The summed E-state index contributed by atoms with van der Waals surface area (Å²) < 4.78 is 6.80. The van der Waals surface area contributed by atoms with Crippen LogP contribution in [0.4, 0.5) is 0 Å². The van der Waals surface area contributed by atoms with Crippen LogP contribution in [0.25, 0.3) is 0 Å². The van der Waals surface area contributed by atoms with Crippen molar-refractivity contribution in [1.82, 2.24) is 9.78 Å². The molecule has 0 aliphatic carbocycles. The first-order chi connectivity index (χ1) is 9.69. The fourth-order valence-electron chi connectivity index (χ4n) is 2.24. The average molecular weight is 272 g/mol. The standard InChI is InChI=1S/C16H20N2O2/c1-4-13-10-14(5-2)18(17-13)11-12-8-6-7-9-15(12)16(19)20-3/h6-10H,4-5,11H2,1-3H3. The van der Waals surface area contributed by atoms with Crippen molar-refractivity contribution in [3.05, 3.63) is 52.8 Å². The molecule has 106 valence electrons. The molecular formula is C16H20N2O2. The zero-order chi connectivity index (χ0) is 14.5. The molecule has 1 aromatic heterocycles. The minimum absolute atomic E-state index is 0.304. The highest BCUT2D eigenvalue weighted by molar-refractivity contribution is 5.90. The number of rotatable bonds is 5. The van der Waals surface area contributed by atoms with E-state index in [-0.39, 0.29) is 5.97 Å². The molecule has 0 saturated carbocycles. The first-order valence-corrected chi connectivity index (χ1v) is 6.91. The van der Waals surface area contributed by atoms with Crippen LogP contribution in [0.1, 0.15) is 41.2 Å². The summed E-state index contributed by atoms with van der Waals surface area (Å²) in [5, 5.41) is 4.59. The number of aromatic nitrogens is 2. The van der Waals surface area contributed by atoms with Gasteiger partial charge in [0, 0.05) is 5.69 Å². The fourth-order valence-corrected chi connectivity index (χ4v) is 2.24. The van der Waals surface area contributed by atoms with Crippen LogP contribution in [-0.2, 0) is 24.1 Å². The first kappa shape index (κ1) is 14.3. The molecule has 1 aromatic carbocycles. The molecule has 0 radical (unpaired) electrons. The number of carbonyl (C=O) groups is 1. The number of hydrogen-bond donors (Lipinski definition) is 0. The third kappa shape index (κ3) is 2.90. The minimum atomic E-state index is -0.304. The Hall–Kier alpha value is -2.10. The molecule has 0 saturated heterocycles. The minimum Gasteiger partial charge on any atom is -0.465 e. The second kappa shape index (κ2) is 6.37. The van der Waals surface area contributed by atoms with E-state index in [0.29, 0.717) is 12.1 Å². The van der Waals surface area contributed by atoms with Crippen LogP contribution in [0.3, 0.4) is 0 Å². The van der Waals surface area contributed by atoms with Gasteiger partial charge in [0.25, 0.3) is 0 Å². The van der Waals surface area contributed by atoms with Crippen molar-refractivity contribution in [2.24, 2.45) is 0 Å². The van der Waals surface area contributed by atoms with Crippen molar-refractivity contribution in [2.45, 2.75) is 33.2 Å². The van der Waals surface area contributed by atoms with E-state index in [4.69, 9.17) is 4.74 Å². The highest BCUT2D eigenvalue weighted by atomic mass is 16.5. The summed E-state index contributed by atoms with van der Waals surface area (Å²) in [7, 11) is 1.40. The van der Waals surface area contributed by atoms with Crippen LogP contribution in [0.5, 0.6) is 0 Å². The highest BCUT2D eigenvalue weighted by Crippen LogP contribution is 2.14. The molecule has 0 aliphatic rings. The molecule has 0 unspecified atom stereocenters. The molecule has 0 atom stereocenters. The third-order valence-electron chi connectivity index (χ3n) is 3.38. The summed E-state index contributed by atoms with van der Waals surface area (Å²) >= 11 is 0. The maximum absolute atomic E-state index is 11.8. The van der Waals surface area contributed by atoms with Gasteiger partial charge >= 0.3 is 5.97 Å². The Morgan fingerprint density at radius 3 is 2.65 bits per heavy atom. The van der Waals surface area contributed by atoms with Crippen LogP contribution < -0.4 is 0 Å². The lowest BCUT2D eigenvalue weighted by molar-refractivity contribution is 0.0599. The van der Waals surface area contributed by atoms with E-state index in [1.165, 1.54) is 12.8 Å². The summed E-state index contributed by atoms with van der Waals surface area (Å²) in [5.74, 6) is -0.304. The second-order valence-electron chi connectivity index (χ2n) is 4.64. The van der Waals surface area contributed by atoms with Gasteiger partial charge in [0.15, 0.2) is 0 Å². The third-order valence-corrected chi connectivity index (χ3v) is 3.38. The summed E-state index contributed by atoms with van der Waals surface area (Å²) in [6.07, 6.45) is 1.84. The Balaban J connectivity index is 2.35. The Labute approximate surface area is 119 Å². The fraction of sp³-hybridized carbons (Fsp3) is 0.375. The zero-order valence-electron chi connectivity index (χ0n) is 12.2. The Morgan fingerprint density at radius 2 is 2.00 bits per heavy atom. The molecule has 1 heterocycles. The molecule has 4 heteroatoms. The van der Waals surface area contributed by atoms with Gasteiger partial charge in [-0.25, -0.2) is 4.79 Å². The van der Waals surface area contributed by atoms with Crippen molar-refractivity contribution < 1.29 is 9.53 Å². The number of hydrogen-bond acceptors (Lipinski definition) is 3. The van der Waals surface area contributed by atoms with Crippen molar-refractivity contribution in [2.75, 3.05) is 7.11 Å². The molecular weight excluding hydrogens is 252 g/mol. The van der Waals surface area contributed by atoms with Gasteiger partial charge in [-0.05, 0) is 30.5 Å². The van der Waals surface area contributed by atoms with Crippen LogP contribution in [0, 0.1) is 0 Å². The molecule has 0 aliphatic heterocycles. The van der Waals surface area contributed by atoms with Gasteiger partial charge in [-0.3, -0.25) is 4.68 Å². The number of ether oxygens (including phenoxy) is 1. The predicted molar refractivity (Wildman–Crippen MR) is 77.9 cm³/mol. The molecule has 20 heavy (non-hydrogen) atoms. The summed E-state index contributed by atoms with van der Waals surface area (Å²) in [5.41, 5.74) is 3.80. The Morgan fingerprint density at radius 1 is 1.25 bits per heavy atom. The van der Waals surface area contributed by atoms with E-state index in [2.05, 4.69) is 25.0 Å². The van der Waals surface area contributed by atoms with E-state index in [9.17, 15) is 4.79 Å². The van der Waals surface area contributed by atoms with Crippen molar-refractivity contribution >= 4 is 5.97 Å². The van der Waals surface area contributed by atoms with Crippen LogP contribution in [0.2, 0.25) is 0 Å². The predicted octanol–water partition coefficient (Wildman–Crippen LogP) is 2.84. The summed E-state index contributed by atoms with van der Waals surface area (Å²) in [4.78, 5) is 11.8. The number of carbonyl (C=O) groups excluding carboxylic acids is 1. The maximum atomic E-state index is 11.8. The number of methoxy groups -OCH3 is 1. The van der Waals surface area contributed by atoms with Gasteiger partial charge < -0.3 is 4.74 Å². The van der Waals surface area contributed by atoms with Crippen LogP contribution in [-0.4, -0.2) is 22.9 Å². The molecule has 0 fully saturated rings. The summed E-state index contributed by atoms with van der Waals surface area (Å²) in [6, 6.07) is 9.63. The van der Waals surface area contributed by atoms with E-state index < -0.39 is 0 Å². The van der Waals surface area contributed by atoms with Crippen LogP contribution in [0.15, 0.2) is 30.3 Å². The maximum Gasteiger partial charge on any atom is 0.338 e. The molecule has 4 nitrogen and oxygen atoms in total. The molecule has 2 rings (SSSR count). The topological polar surface area (TPSA) is 44.1 Å². The Kier molecular flexibility index (Phi) is 4.56. The van der Waals surface area contributed by atoms with E-state index in [1.54, 1.807) is 6.07 Å². The van der Waals surface area contributed by atoms with Crippen LogP contribution >= 0.6 is 0 Å². The van der Waals surface area contributed by atoms with E-state index in [1.807, 2.05) is 22.9 Å². The lowest BCUT2D eigenvalue weighted by atomic mass is 10.1. The second-order valence-corrected chi connectivity index (χ2v) is 4.64. The lowest BCUT2D eigenvalue weighted by Gasteiger charge is -2.10. The normalized spacial score (nSPS) is 10.6. The number of benzene rings is 1. The molecule has 0 bridgehead atoms. The average Bonchev–Trinajstić information content (AvgIpc) is 2.89. The molecule has 0 amide bonds. The molecule has 0 N–H and O–H groups in total. The van der Waals surface area contributed by atoms with Gasteiger partial charge in [-0.15, -0.1) is 0 Å². The van der Waals surface area contributed by atoms with Gasteiger partial charge in [0.05, 0.1) is 24.9 Å². The molecule has 2 aromatic rings. The van der Waals surface area contributed by atoms with E-state index in [0.717, 1.165) is 24.1 Å². The van der Waals surface area contributed by atoms with E-state index >= 15 is 0 Å². The van der Waals surface area contributed by atoms with Gasteiger partial charge in [-0.1, -0.05) is 32.0 Å². The number of aryl methyl sites for hydroxylation is 2. The quantitative estimate of drug-likeness (QED) is 0.786. The largest absolute Gasteiger partial charge is 0.465 e. The monoisotopic (exact) mass is 272 g/mol. The van der Waals surface area contributed by atoms with Crippen molar-refractivity contribution in [3.8, 4) is 0 Å². The van der Waals surface area contributed by atoms with Gasteiger partial charge in [0.2, 0.25) is 0 Å². The highest BCUT2D eigenvalue weighted by Gasteiger charge is 2.13. The van der Waals surface area contributed by atoms with Gasteiger partial charge in [-0.2, -0.15) is 5.10 Å². The smallest absolute Gasteiger partial charge is 0.338 e. The zero-order valence-corrected chi connectivity index (χ0v) is 12.2. The number of nitrogens with zero attached hydrogens (tertiary/aromatic N) is 2. The summed E-state index contributed by atoms with van der Waals surface area (Å²) in [6.45, 7) is 4.79. The Bertz CT molecular complexity index is 602. The molecule has 0 spiro atoms. The van der Waals surface area contributed by atoms with Crippen molar-refractivity contribution in [3.63, 3.8) is 0 Å². The number of esters is 1. The van der Waals surface area contributed by atoms with Gasteiger partial charge in [0.1, 0.15) is 0 Å². The lowest BCUT2D eigenvalue weighted by Crippen LogP contribution is -2.11. The SMILES string of the molecule is CCc1cc(CC)n(Cc2ccccc2C(=O)OC)n1. The first-order valence-electron chi connectivity index (χ1n) is 6.91.